The van der Waals surface area contributed by atoms with Crippen molar-refractivity contribution < 1.29 is 9.90 Å². The molecule has 3 rings (SSSR count). The molecule has 6 heteroatoms. The highest BCUT2D eigenvalue weighted by Gasteiger charge is 2.17. The van der Waals surface area contributed by atoms with Crippen molar-refractivity contribution in [3.05, 3.63) is 63.4 Å². The SMILES string of the molecule is O=C(O)c1cn(Cc2ccc(Cl)cc2)nc1-c1ccsc1. The van der Waals surface area contributed by atoms with Gasteiger partial charge in [-0.2, -0.15) is 16.4 Å². The van der Waals surface area contributed by atoms with E-state index in [0.717, 1.165) is 11.1 Å². The maximum Gasteiger partial charge on any atom is 0.339 e. The second-order valence-corrected chi connectivity index (χ2v) is 5.75. The van der Waals surface area contributed by atoms with Gasteiger partial charge in [0, 0.05) is 22.2 Å². The molecular weight excluding hydrogens is 308 g/mol. The van der Waals surface area contributed by atoms with Crippen molar-refractivity contribution in [3.63, 3.8) is 0 Å². The van der Waals surface area contributed by atoms with E-state index < -0.39 is 5.97 Å². The maximum absolute atomic E-state index is 11.4. The summed E-state index contributed by atoms with van der Waals surface area (Å²) in [7, 11) is 0. The van der Waals surface area contributed by atoms with Gasteiger partial charge >= 0.3 is 5.97 Å². The Bertz CT molecular complexity index is 764. The van der Waals surface area contributed by atoms with Gasteiger partial charge < -0.3 is 5.11 Å². The molecule has 0 aliphatic rings. The van der Waals surface area contributed by atoms with Crippen LogP contribution < -0.4 is 0 Å². The van der Waals surface area contributed by atoms with E-state index in [4.69, 9.17) is 11.6 Å². The van der Waals surface area contributed by atoms with Crippen LogP contribution in [0.3, 0.4) is 0 Å². The molecule has 2 aromatic heterocycles. The van der Waals surface area contributed by atoms with E-state index in [1.807, 2.05) is 29.0 Å². The number of halogens is 1. The van der Waals surface area contributed by atoms with Crippen LogP contribution in [0.1, 0.15) is 15.9 Å². The van der Waals surface area contributed by atoms with E-state index >= 15 is 0 Å². The van der Waals surface area contributed by atoms with Gasteiger partial charge in [0.25, 0.3) is 0 Å². The van der Waals surface area contributed by atoms with Gasteiger partial charge in [0.05, 0.1) is 6.54 Å². The summed E-state index contributed by atoms with van der Waals surface area (Å²) in [6.07, 6.45) is 1.56. The summed E-state index contributed by atoms with van der Waals surface area (Å²) in [5.41, 5.74) is 2.54. The van der Waals surface area contributed by atoms with Crippen LogP contribution in [0, 0.1) is 0 Å². The second-order valence-electron chi connectivity index (χ2n) is 4.53. The lowest BCUT2D eigenvalue weighted by molar-refractivity contribution is 0.0697. The van der Waals surface area contributed by atoms with E-state index in [1.165, 1.54) is 11.3 Å². The number of nitrogens with zero attached hydrogens (tertiary/aromatic N) is 2. The van der Waals surface area contributed by atoms with E-state index in [9.17, 15) is 9.90 Å². The Morgan fingerprint density at radius 2 is 2.05 bits per heavy atom. The minimum Gasteiger partial charge on any atom is -0.478 e. The van der Waals surface area contributed by atoms with Gasteiger partial charge in [-0.1, -0.05) is 23.7 Å². The Balaban J connectivity index is 1.95. The standard InChI is InChI=1S/C15H11ClN2O2S/c16-12-3-1-10(2-4-12)7-18-8-13(15(19)20)14(17-18)11-5-6-21-9-11/h1-6,8-9H,7H2,(H,19,20). The van der Waals surface area contributed by atoms with Gasteiger partial charge in [0.1, 0.15) is 11.3 Å². The first kappa shape index (κ1) is 13.9. The zero-order valence-corrected chi connectivity index (χ0v) is 12.4. The number of carboxylic acid groups (broad SMARTS) is 1. The van der Waals surface area contributed by atoms with Crippen molar-refractivity contribution >= 4 is 28.9 Å². The molecule has 3 aromatic rings. The Morgan fingerprint density at radius 3 is 2.67 bits per heavy atom. The van der Waals surface area contributed by atoms with Crippen LogP contribution in [0.15, 0.2) is 47.3 Å². The second kappa shape index (κ2) is 5.71. The molecule has 21 heavy (non-hydrogen) atoms. The van der Waals surface area contributed by atoms with Crippen molar-refractivity contribution in [2.45, 2.75) is 6.54 Å². The van der Waals surface area contributed by atoms with Crippen molar-refractivity contribution in [1.29, 1.82) is 0 Å². The van der Waals surface area contributed by atoms with Crippen LogP contribution in [0.25, 0.3) is 11.3 Å². The Morgan fingerprint density at radius 1 is 1.29 bits per heavy atom. The molecule has 2 heterocycles. The first-order chi connectivity index (χ1) is 10.1. The fourth-order valence-electron chi connectivity index (χ4n) is 2.05. The number of benzene rings is 1. The molecule has 0 saturated heterocycles. The van der Waals surface area contributed by atoms with E-state index in [1.54, 1.807) is 23.0 Å². The third-order valence-corrected chi connectivity index (χ3v) is 3.98. The summed E-state index contributed by atoms with van der Waals surface area (Å²) in [5, 5.41) is 18.2. The molecule has 0 amide bonds. The summed E-state index contributed by atoms with van der Waals surface area (Å²) in [6.45, 7) is 0.502. The summed E-state index contributed by atoms with van der Waals surface area (Å²) < 4.78 is 1.64. The number of carboxylic acids is 1. The molecule has 0 aliphatic heterocycles. The zero-order valence-electron chi connectivity index (χ0n) is 10.9. The number of aromatic nitrogens is 2. The van der Waals surface area contributed by atoms with Gasteiger partial charge in [-0.3, -0.25) is 4.68 Å². The summed E-state index contributed by atoms with van der Waals surface area (Å²) >= 11 is 7.37. The molecule has 1 aromatic carbocycles. The predicted octanol–water partition coefficient (Wildman–Crippen LogP) is 4.01. The lowest BCUT2D eigenvalue weighted by Crippen LogP contribution is -2.00. The molecular formula is C15H11ClN2O2S. The number of carbonyl (C=O) groups is 1. The summed E-state index contributed by atoms with van der Waals surface area (Å²) in [4.78, 5) is 11.4. The molecule has 4 nitrogen and oxygen atoms in total. The van der Waals surface area contributed by atoms with Gasteiger partial charge in [-0.25, -0.2) is 4.79 Å². The first-order valence-corrected chi connectivity index (χ1v) is 7.53. The largest absolute Gasteiger partial charge is 0.478 e. The predicted molar refractivity (Wildman–Crippen MR) is 83.1 cm³/mol. The molecule has 1 N–H and O–H groups in total. The Labute approximate surface area is 130 Å². The lowest BCUT2D eigenvalue weighted by atomic mass is 10.1. The highest BCUT2D eigenvalue weighted by atomic mass is 35.5. The van der Waals surface area contributed by atoms with Crippen molar-refractivity contribution in [2.24, 2.45) is 0 Å². The number of thiophene rings is 1. The third-order valence-electron chi connectivity index (χ3n) is 3.04. The zero-order chi connectivity index (χ0) is 14.8. The molecule has 106 valence electrons. The molecule has 0 atom stereocenters. The van der Waals surface area contributed by atoms with Crippen molar-refractivity contribution in [2.75, 3.05) is 0 Å². The average molecular weight is 319 g/mol. The highest BCUT2D eigenvalue weighted by molar-refractivity contribution is 7.08. The van der Waals surface area contributed by atoms with Crippen LogP contribution in [0.4, 0.5) is 0 Å². The van der Waals surface area contributed by atoms with Gasteiger partial charge in [-0.15, -0.1) is 0 Å². The highest BCUT2D eigenvalue weighted by Crippen LogP contribution is 2.24. The summed E-state index contributed by atoms with van der Waals surface area (Å²) in [6, 6.07) is 9.27. The average Bonchev–Trinajstić information content (AvgIpc) is 3.10. The molecule has 0 saturated carbocycles. The first-order valence-electron chi connectivity index (χ1n) is 6.21. The minimum atomic E-state index is -0.974. The molecule has 0 spiro atoms. The van der Waals surface area contributed by atoms with E-state index in [2.05, 4.69) is 5.10 Å². The quantitative estimate of drug-likeness (QED) is 0.790. The smallest absolute Gasteiger partial charge is 0.339 e. The maximum atomic E-state index is 11.4. The van der Waals surface area contributed by atoms with Crippen LogP contribution >= 0.6 is 22.9 Å². The van der Waals surface area contributed by atoms with Gasteiger partial charge in [-0.05, 0) is 29.1 Å². The van der Waals surface area contributed by atoms with Gasteiger partial charge in [0.2, 0.25) is 0 Å². The molecule has 0 unspecified atom stereocenters. The van der Waals surface area contributed by atoms with Crippen LogP contribution in [0.5, 0.6) is 0 Å². The minimum absolute atomic E-state index is 0.211. The molecule has 0 bridgehead atoms. The third kappa shape index (κ3) is 2.99. The normalized spacial score (nSPS) is 10.7. The number of rotatable bonds is 4. The molecule has 0 radical (unpaired) electrons. The van der Waals surface area contributed by atoms with Crippen LogP contribution in [-0.4, -0.2) is 20.9 Å². The van der Waals surface area contributed by atoms with Gasteiger partial charge in [0.15, 0.2) is 0 Å². The lowest BCUT2D eigenvalue weighted by Gasteiger charge is -2.01. The number of hydrogen-bond donors (Lipinski definition) is 1. The topological polar surface area (TPSA) is 55.1 Å². The van der Waals surface area contributed by atoms with E-state index in [-0.39, 0.29) is 5.56 Å². The van der Waals surface area contributed by atoms with Crippen molar-refractivity contribution in [1.82, 2.24) is 9.78 Å². The van der Waals surface area contributed by atoms with Crippen LogP contribution in [-0.2, 0) is 6.54 Å². The van der Waals surface area contributed by atoms with E-state index in [0.29, 0.717) is 17.3 Å². The molecule has 0 aliphatic carbocycles. The fourth-order valence-corrected chi connectivity index (χ4v) is 2.81. The number of hydrogen-bond acceptors (Lipinski definition) is 3. The Kier molecular flexibility index (Phi) is 3.77. The summed E-state index contributed by atoms with van der Waals surface area (Å²) in [5.74, 6) is -0.974. The molecule has 0 fully saturated rings. The number of aromatic carboxylic acids is 1. The van der Waals surface area contributed by atoms with Crippen molar-refractivity contribution in [3.8, 4) is 11.3 Å². The monoisotopic (exact) mass is 318 g/mol. The fraction of sp³-hybridized carbons (Fsp3) is 0.0667. The Hall–Kier alpha value is -2.11. The van der Waals surface area contributed by atoms with Crippen LogP contribution in [0.2, 0.25) is 5.02 Å².